The summed E-state index contributed by atoms with van der Waals surface area (Å²) in [5.74, 6) is 0.122. The molecule has 0 radical (unpaired) electrons. The maximum atomic E-state index is 12.4. The zero-order valence-corrected chi connectivity index (χ0v) is 22.7. The molecule has 0 aromatic heterocycles. The lowest BCUT2D eigenvalue weighted by Gasteiger charge is -2.35. The molecule has 0 atom stereocenters. The van der Waals surface area contributed by atoms with Crippen molar-refractivity contribution in [2.24, 2.45) is 0 Å². The number of carbonyl (C=O) groups is 1. The summed E-state index contributed by atoms with van der Waals surface area (Å²) >= 11 is 0. The van der Waals surface area contributed by atoms with Crippen LogP contribution in [0, 0.1) is 0 Å². The number of nitrogens with zero attached hydrogens (tertiary/aromatic N) is 1. The van der Waals surface area contributed by atoms with Gasteiger partial charge in [-0.2, -0.15) is 0 Å². The van der Waals surface area contributed by atoms with Crippen LogP contribution in [-0.4, -0.2) is 43.1 Å². The molecule has 0 aromatic carbocycles. The zero-order valence-electron chi connectivity index (χ0n) is 21.9. The van der Waals surface area contributed by atoms with Crippen LogP contribution in [0.25, 0.3) is 0 Å². The van der Waals surface area contributed by atoms with Crippen LogP contribution in [0.5, 0.6) is 0 Å². The number of quaternary nitrogens is 1. The lowest BCUT2D eigenvalue weighted by atomic mass is 10.0. The maximum absolute atomic E-state index is 12.4. The Labute approximate surface area is 213 Å². The standard InChI is InChI=1S/C29H54N2O.ClH/c1-5-9-10-11-12-13-14-15-16-17-18-19-20-21-22-23-24-30-29(32)28-31(25-6-2,26-7-3)27-8-4;/h6-8H,2-5,9-28H2,1H3;1H. The third-order valence-electron chi connectivity index (χ3n) is 6.38. The molecule has 0 saturated carbocycles. The van der Waals surface area contributed by atoms with Crippen LogP contribution < -0.4 is 17.7 Å². The highest BCUT2D eigenvalue weighted by Crippen LogP contribution is 2.13. The predicted molar refractivity (Wildman–Crippen MR) is 143 cm³/mol. The van der Waals surface area contributed by atoms with E-state index in [2.05, 4.69) is 32.0 Å². The molecule has 0 bridgehead atoms. The molecule has 0 spiro atoms. The summed E-state index contributed by atoms with van der Waals surface area (Å²) in [5, 5.41) is 3.11. The molecule has 4 heteroatoms. The Kier molecular flexibility index (Phi) is 26.4. The van der Waals surface area contributed by atoms with Crippen molar-refractivity contribution >= 4 is 5.91 Å². The van der Waals surface area contributed by atoms with E-state index in [-0.39, 0.29) is 18.3 Å². The van der Waals surface area contributed by atoms with Crippen LogP contribution in [0.3, 0.4) is 0 Å². The molecule has 0 fully saturated rings. The first-order valence-electron chi connectivity index (χ1n) is 13.6. The highest BCUT2D eigenvalue weighted by molar-refractivity contribution is 5.77. The van der Waals surface area contributed by atoms with E-state index in [0.717, 1.165) is 32.6 Å². The highest BCUT2D eigenvalue weighted by Gasteiger charge is 2.26. The molecular formula is C29H55ClN2O. The normalized spacial score (nSPS) is 10.9. The van der Waals surface area contributed by atoms with Crippen molar-refractivity contribution < 1.29 is 21.7 Å². The number of hydrogen-bond donors (Lipinski definition) is 1. The van der Waals surface area contributed by atoms with Crippen LogP contribution >= 0.6 is 0 Å². The first-order chi connectivity index (χ1) is 15.6. The lowest BCUT2D eigenvalue weighted by molar-refractivity contribution is -0.904. The number of nitrogens with one attached hydrogen (secondary N) is 1. The van der Waals surface area contributed by atoms with Crippen molar-refractivity contribution in [3.05, 3.63) is 38.0 Å². The summed E-state index contributed by atoms with van der Waals surface area (Å²) in [6, 6.07) is 0. The van der Waals surface area contributed by atoms with E-state index in [1.807, 2.05) is 18.2 Å². The van der Waals surface area contributed by atoms with Crippen molar-refractivity contribution in [3.8, 4) is 0 Å². The molecule has 0 unspecified atom stereocenters. The second-order valence-corrected chi connectivity index (χ2v) is 9.57. The number of amides is 1. The Morgan fingerprint density at radius 3 is 1.30 bits per heavy atom. The first-order valence-corrected chi connectivity index (χ1v) is 13.6. The average Bonchev–Trinajstić information content (AvgIpc) is 2.76. The van der Waals surface area contributed by atoms with Crippen LogP contribution in [0.2, 0.25) is 0 Å². The van der Waals surface area contributed by atoms with E-state index in [9.17, 15) is 4.79 Å². The molecule has 194 valence electrons. The van der Waals surface area contributed by atoms with Crippen molar-refractivity contribution in [2.75, 3.05) is 32.7 Å². The molecule has 0 aromatic rings. The second kappa shape index (κ2) is 25.6. The van der Waals surface area contributed by atoms with Crippen molar-refractivity contribution in [1.29, 1.82) is 0 Å². The second-order valence-electron chi connectivity index (χ2n) is 9.57. The van der Waals surface area contributed by atoms with E-state index in [1.54, 1.807) is 0 Å². The van der Waals surface area contributed by atoms with Gasteiger partial charge in [0.15, 0.2) is 6.54 Å². The molecule has 0 rings (SSSR count). The SMILES string of the molecule is C=CC[N+](CC=C)(CC=C)CC(=O)NCCCCCCCCCCCCCCCCCC.[Cl-]. The molecular weight excluding hydrogens is 428 g/mol. The minimum Gasteiger partial charge on any atom is -1.00 e. The van der Waals surface area contributed by atoms with Crippen LogP contribution in [-0.2, 0) is 4.79 Å². The van der Waals surface area contributed by atoms with Crippen molar-refractivity contribution in [2.45, 2.75) is 110 Å². The first kappa shape index (κ1) is 34.1. The van der Waals surface area contributed by atoms with Gasteiger partial charge in [-0.25, -0.2) is 0 Å². The van der Waals surface area contributed by atoms with Gasteiger partial charge in [0.1, 0.15) is 0 Å². The van der Waals surface area contributed by atoms with E-state index in [4.69, 9.17) is 0 Å². The van der Waals surface area contributed by atoms with Gasteiger partial charge >= 0.3 is 0 Å². The van der Waals surface area contributed by atoms with Gasteiger partial charge in [0.25, 0.3) is 5.91 Å². The summed E-state index contributed by atoms with van der Waals surface area (Å²) in [5.41, 5.74) is 0. The number of rotatable bonds is 25. The summed E-state index contributed by atoms with van der Waals surface area (Å²) in [7, 11) is 0. The molecule has 0 aliphatic rings. The Morgan fingerprint density at radius 2 is 0.970 bits per heavy atom. The molecule has 33 heavy (non-hydrogen) atoms. The van der Waals surface area contributed by atoms with Crippen molar-refractivity contribution in [1.82, 2.24) is 5.32 Å². The average molecular weight is 483 g/mol. The zero-order chi connectivity index (χ0) is 23.8. The quantitative estimate of drug-likeness (QED) is 0.114. The molecule has 0 heterocycles. The van der Waals surface area contributed by atoms with Crippen molar-refractivity contribution in [3.63, 3.8) is 0 Å². The minimum absolute atomic E-state index is 0. The highest BCUT2D eigenvalue weighted by atomic mass is 35.5. The predicted octanol–water partition coefficient (Wildman–Crippen LogP) is 4.74. The summed E-state index contributed by atoms with van der Waals surface area (Å²) < 4.78 is 0.626. The fourth-order valence-electron chi connectivity index (χ4n) is 4.50. The van der Waals surface area contributed by atoms with Crippen LogP contribution in [0.4, 0.5) is 0 Å². The summed E-state index contributed by atoms with van der Waals surface area (Å²) in [6.45, 7) is 17.3. The van der Waals surface area contributed by atoms with Gasteiger partial charge in [0.2, 0.25) is 0 Å². The molecule has 1 N–H and O–H groups in total. The topological polar surface area (TPSA) is 29.1 Å². The Balaban J connectivity index is 0. The largest absolute Gasteiger partial charge is 1.00 e. The van der Waals surface area contributed by atoms with Gasteiger partial charge in [-0.15, -0.1) is 0 Å². The third-order valence-corrected chi connectivity index (χ3v) is 6.38. The Morgan fingerprint density at radius 1 is 0.636 bits per heavy atom. The lowest BCUT2D eigenvalue weighted by Crippen LogP contribution is -3.00. The van der Waals surface area contributed by atoms with Gasteiger partial charge in [-0.3, -0.25) is 4.79 Å². The van der Waals surface area contributed by atoms with E-state index < -0.39 is 0 Å². The molecule has 0 aliphatic heterocycles. The summed E-state index contributed by atoms with van der Waals surface area (Å²) in [6.07, 6.45) is 27.6. The van der Waals surface area contributed by atoms with Gasteiger partial charge in [-0.05, 0) is 24.6 Å². The molecule has 0 saturated heterocycles. The van der Waals surface area contributed by atoms with Gasteiger partial charge in [0.05, 0.1) is 19.6 Å². The fourth-order valence-corrected chi connectivity index (χ4v) is 4.50. The van der Waals surface area contributed by atoms with Crippen LogP contribution in [0.15, 0.2) is 38.0 Å². The minimum atomic E-state index is 0. The van der Waals surface area contributed by atoms with E-state index >= 15 is 0 Å². The molecule has 1 amide bonds. The van der Waals surface area contributed by atoms with Gasteiger partial charge in [0, 0.05) is 6.54 Å². The Hall–Kier alpha value is -1.06. The summed E-state index contributed by atoms with van der Waals surface area (Å²) in [4.78, 5) is 12.4. The number of carbonyl (C=O) groups excluding carboxylic acids is 1. The number of unbranched alkanes of at least 4 members (excludes halogenated alkanes) is 15. The molecule has 3 nitrogen and oxygen atoms in total. The number of halogens is 1. The maximum Gasteiger partial charge on any atom is 0.275 e. The van der Waals surface area contributed by atoms with E-state index in [1.165, 1.54) is 96.3 Å². The third kappa shape index (κ3) is 21.2. The van der Waals surface area contributed by atoms with E-state index in [0.29, 0.717) is 11.0 Å². The fraction of sp³-hybridized carbons (Fsp3) is 0.759. The monoisotopic (exact) mass is 482 g/mol. The number of hydrogen-bond acceptors (Lipinski definition) is 1. The molecule has 0 aliphatic carbocycles. The van der Waals surface area contributed by atoms with Gasteiger partial charge < -0.3 is 22.2 Å². The smallest absolute Gasteiger partial charge is 0.275 e. The Bertz CT molecular complexity index is 452. The van der Waals surface area contributed by atoms with Crippen LogP contribution in [0.1, 0.15) is 110 Å². The van der Waals surface area contributed by atoms with Gasteiger partial charge in [-0.1, -0.05) is 123 Å².